The molecule has 3 aromatic carbocycles. The molecule has 0 N–H and O–H groups in total. The van der Waals surface area contributed by atoms with Gasteiger partial charge in [-0.25, -0.2) is 0 Å². The van der Waals surface area contributed by atoms with Gasteiger partial charge in [0.25, 0.3) is 0 Å². The lowest BCUT2D eigenvalue weighted by Crippen LogP contribution is -1.98. The van der Waals surface area contributed by atoms with Gasteiger partial charge in [-0.3, -0.25) is 0 Å². The van der Waals surface area contributed by atoms with Gasteiger partial charge in [0.2, 0.25) is 0 Å². The third-order valence-corrected chi connectivity index (χ3v) is 3.41. The van der Waals surface area contributed by atoms with Crippen molar-refractivity contribution >= 4 is 6.08 Å². The standard InChI is InChI=1S/C21H17/c1-4-10-18(11-5-1)16-17-21(19-12-6-2-7-13-19)20-14-8-3-9-15-20/h1-17H/q+1/b17-16+. The van der Waals surface area contributed by atoms with Crippen LogP contribution in [0.4, 0.5) is 0 Å². The summed E-state index contributed by atoms with van der Waals surface area (Å²) in [5.41, 5.74) is 3.67. The van der Waals surface area contributed by atoms with Crippen LogP contribution in [0.2, 0.25) is 0 Å². The highest BCUT2D eigenvalue weighted by Crippen LogP contribution is 2.25. The first-order valence-electron chi connectivity index (χ1n) is 7.14. The number of benzene rings is 3. The number of hydrogen-bond acceptors (Lipinski definition) is 0. The highest BCUT2D eigenvalue weighted by Gasteiger charge is 2.15. The minimum Gasteiger partial charge on any atom is -0.0622 e. The monoisotopic (exact) mass is 269 g/mol. The normalized spacial score (nSPS) is 10.7. The highest BCUT2D eigenvalue weighted by molar-refractivity contribution is 5.60. The van der Waals surface area contributed by atoms with E-state index in [9.17, 15) is 0 Å². The van der Waals surface area contributed by atoms with Crippen LogP contribution < -0.4 is 0 Å². The van der Waals surface area contributed by atoms with Crippen LogP contribution in [-0.4, -0.2) is 0 Å². The van der Waals surface area contributed by atoms with Crippen molar-refractivity contribution in [2.24, 2.45) is 0 Å². The van der Waals surface area contributed by atoms with E-state index < -0.39 is 0 Å². The van der Waals surface area contributed by atoms with E-state index in [1.54, 1.807) is 0 Å². The van der Waals surface area contributed by atoms with E-state index in [0.717, 1.165) is 0 Å². The van der Waals surface area contributed by atoms with E-state index in [2.05, 4.69) is 84.9 Å². The molecule has 0 aliphatic carbocycles. The fourth-order valence-corrected chi connectivity index (χ4v) is 2.34. The predicted molar refractivity (Wildman–Crippen MR) is 89.8 cm³/mol. The maximum atomic E-state index is 2.19. The Morgan fingerprint density at radius 1 is 0.524 bits per heavy atom. The zero-order valence-corrected chi connectivity index (χ0v) is 11.8. The molecular formula is C21H17+. The molecule has 0 aliphatic heterocycles. The molecule has 0 atom stereocenters. The van der Waals surface area contributed by atoms with E-state index in [4.69, 9.17) is 0 Å². The van der Waals surface area contributed by atoms with Crippen molar-refractivity contribution in [3.63, 3.8) is 0 Å². The smallest absolute Gasteiger partial charge is 0.0622 e. The van der Waals surface area contributed by atoms with Gasteiger partial charge in [-0.15, -0.1) is 0 Å². The van der Waals surface area contributed by atoms with Gasteiger partial charge >= 0.3 is 0 Å². The van der Waals surface area contributed by atoms with Crippen molar-refractivity contribution in [2.75, 3.05) is 0 Å². The Hall–Kier alpha value is -2.73. The third-order valence-electron chi connectivity index (χ3n) is 3.41. The predicted octanol–water partition coefficient (Wildman–Crippen LogP) is 5.37. The molecular weight excluding hydrogens is 252 g/mol. The van der Waals surface area contributed by atoms with Gasteiger partial charge in [-0.2, -0.15) is 0 Å². The van der Waals surface area contributed by atoms with Crippen LogP contribution in [0.3, 0.4) is 0 Å². The molecule has 100 valence electrons. The number of allylic oxidation sites excluding steroid dienone is 1. The summed E-state index contributed by atoms with van der Waals surface area (Å²) in [6.07, 6.45) is 4.36. The quantitative estimate of drug-likeness (QED) is 0.558. The van der Waals surface area contributed by atoms with Crippen molar-refractivity contribution < 1.29 is 0 Å². The fourth-order valence-electron chi connectivity index (χ4n) is 2.34. The molecule has 0 amide bonds. The number of rotatable bonds is 4. The minimum atomic E-state index is 1.21. The van der Waals surface area contributed by atoms with Gasteiger partial charge in [-0.05, 0) is 78.9 Å². The van der Waals surface area contributed by atoms with Crippen molar-refractivity contribution in [1.29, 1.82) is 0 Å². The van der Waals surface area contributed by atoms with E-state index in [0.29, 0.717) is 0 Å². The fraction of sp³-hybridized carbons (Fsp3) is 0. The SMILES string of the molecule is C(=C\[C+](c1ccccc1)c1ccccc1)/c1ccccc1. The molecule has 21 heavy (non-hydrogen) atoms. The van der Waals surface area contributed by atoms with Crippen molar-refractivity contribution in [2.45, 2.75) is 0 Å². The molecule has 0 spiro atoms. The molecule has 0 nitrogen and oxygen atoms in total. The Balaban J connectivity index is 1.96. The maximum absolute atomic E-state index is 2.19. The lowest BCUT2D eigenvalue weighted by molar-refractivity contribution is 1.29. The van der Waals surface area contributed by atoms with E-state index >= 15 is 0 Å². The zero-order chi connectivity index (χ0) is 14.3. The lowest BCUT2D eigenvalue weighted by atomic mass is 9.90. The Kier molecular flexibility index (Phi) is 4.18. The van der Waals surface area contributed by atoms with Crippen LogP contribution in [0, 0.1) is 5.92 Å². The Labute approximate surface area is 126 Å². The first-order valence-corrected chi connectivity index (χ1v) is 7.14. The molecule has 0 saturated heterocycles. The van der Waals surface area contributed by atoms with Gasteiger partial charge in [0.05, 0.1) is 17.0 Å². The molecule has 0 heterocycles. The first-order chi connectivity index (χ1) is 10.4. The van der Waals surface area contributed by atoms with E-state index in [-0.39, 0.29) is 0 Å². The molecule has 0 bridgehead atoms. The number of hydrogen-bond donors (Lipinski definition) is 0. The van der Waals surface area contributed by atoms with Crippen LogP contribution in [0.15, 0.2) is 97.1 Å². The largest absolute Gasteiger partial charge is 0.0643 e. The summed E-state index contributed by atoms with van der Waals surface area (Å²) in [5.74, 6) is 1.24. The van der Waals surface area contributed by atoms with Crippen LogP contribution in [0.25, 0.3) is 6.08 Å². The Morgan fingerprint density at radius 2 is 0.952 bits per heavy atom. The second kappa shape index (κ2) is 6.62. The third kappa shape index (κ3) is 3.43. The molecule has 0 saturated carbocycles. The van der Waals surface area contributed by atoms with Gasteiger partial charge < -0.3 is 0 Å². The Bertz CT molecular complexity index is 642. The first kappa shape index (κ1) is 13.3. The molecule has 0 heteroatoms. The summed E-state index contributed by atoms with van der Waals surface area (Å²) < 4.78 is 0. The lowest BCUT2D eigenvalue weighted by Gasteiger charge is -2.07. The highest BCUT2D eigenvalue weighted by atomic mass is 14.1. The molecule has 0 aromatic heterocycles. The van der Waals surface area contributed by atoms with Gasteiger partial charge in [-0.1, -0.05) is 18.2 Å². The van der Waals surface area contributed by atoms with Crippen LogP contribution in [0.1, 0.15) is 16.7 Å². The van der Waals surface area contributed by atoms with Gasteiger partial charge in [0.15, 0.2) is 0 Å². The zero-order valence-electron chi connectivity index (χ0n) is 11.8. The summed E-state index contributed by atoms with van der Waals surface area (Å²) in [4.78, 5) is 0. The van der Waals surface area contributed by atoms with Crippen molar-refractivity contribution in [3.05, 3.63) is 120 Å². The summed E-state index contributed by atoms with van der Waals surface area (Å²) in [5, 5.41) is 0. The van der Waals surface area contributed by atoms with E-state index in [1.807, 2.05) is 18.2 Å². The topological polar surface area (TPSA) is 0 Å². The second-order valence-electron chi connectivity index (χ2n) is 4.89. The molecule has 0 fully saturated rings. The Morgan fingerprint density at radius 3 is 1.43 bits per heavy atom. The van der Waals surface area contributed by atoms with Gasteiger partial charge in [0.1, 0.15) is 0 Å². The minimum absolute atomic E-state index is 1.21. The summed E-state index contributed by atoms with van der Waals surface area (Å²) >= 11 is 0. The second-order valence-corrected chi connectivity index (χ2v) is 4.89. The molecule has 3 aromatic rings. The summed E-state index contributed by atoms with van der Waals surface area (Å²) in [7, 11) is 0. The van der Waals surface area contributed by atoms with Crippen molar-refractivity contribution in [3.8, 4) is 0 Å². The molecule has 0 unspecified atom stereocenters. The maximum Gasteiger partial charge on any atom is 0.0643 e. The summed E-state index contributed by atoms with van der Waals surface area (Å²) in [6, 6.07) is 31.4. The molecule has 0 aliphatic rings. The molecule has 0 radical (unpaired) electrons. The van der Waals surface area contributed by atoms with Crippen LogP contribution in [-0.2, 0) is 0 Å². The summed E-state index contributed by atoms with van der Waals surface area (Å²) in [6.45, 7) is 0. The average molecular weight is 269 g/mol. The average Bonchev–Trinajstić information content (AvgIpc) is 2.58. The van der Waals surface area contributed by atoms with Gasteiger partial charge in [0, 0.05) is 11.6 Å². The van der Waals surface area contributed by atoms with Crippen molar-refractivity contribution in [1.82, 2.24) is 0 Å². The van der Waals surface area contributed by atoms with E-state index in [1.165, 1.54) is 22.6 Å². The van der Waals surface area contributed by atoms with Crippen LogP contribution in [0.5, 0.6) is 0 Å². The molecule has 3 rings (SSSR count). The van der Waals surface area contributed by atoms with Crippen LogP contribution >= 0.6 is 0 Å².